The molecule has 0 aliphatic carbocycles. The van der Waals surface area contributed by atoms with Gasteiger partial charge in [-0.3, -0.25) is 19.7 Å². The molecule has 0 spiro atoms. The Morgan fingerprint density at radius 1 is 0.927 bits per heavy atom. The molecule has 204 valence electrons. The third kappa shape index (κ3) is 5.90. The molecule has 1 aliphatic rings. The Bertz CT molecular complexity index is 1720. The maximum Gasteiger partial charge on any atom is 0.488 e. The monoisotopic (exact) mass is 548 g/mol. The number of imide groups is 1. The van der Waals surface area contributed by atoms with Crippen LogP contribution in [0.3, 0.4) is 0 Å². The molecule has 11 nitrogen and oxygen atoms in total. The maximum absolute atomic E-state index is 13.1. The molecule has 12 heteroatoms. The number of benzene rings is 4. The Kier molecular flexibility index (Phi) is 7.98. The van der Waals surface area contributed by atoms with Gasteiger partial charge in [0.05, 0.1) is 5.56 Å². The molecular weight excluding hydrogens is 523 g/mol. The van der Waals surface area contributed by atoms with E-state index >= 15 is 0 Å². The minimum atomic E-state index is -1.62. The number of nitrogens with zero attached hydrogens (tertiary/aromatic N) is 3. The lowest BCUT2D eigenvalue weighted by Crippen LogP contribution is -2.35. The Morgan fingerprint density at radius 3 is 2.44 bits per heavy atom. The van der Waals surface area contributed by atoms with E-state index < -0.39 is 18.9 Å². The summed E-state index contributed by atoms with van der Waals surface area (Å²) in [6.07, 6.45) is 0.394. The molecule has 5 N–H and O–H groups in total. The van der Waals surface area contributed by atoms with Crippen LogP contribution in [0.1, 0.15) is 43.0 Å². The molecule has 0 saturated carbocycles. The third-order valence-electron chi connectivity index (χ3n) is 6.93. The van der Waals surface area contributed by atoms with Crippen molar-refractivity contribution in [2.45, 2.75) is 19.5 Å². The van der Waals surface area contributed by atoms with Crippen molar-refractivity contribution < 1.29 is 24.4 Å². The predicted molar refractivity (Wildman–Crippen MR) is 154 cm³/mol. The van der Waals surface area contributed by atoms with Gasteiger partial charge in [-0.05, 0) is 51.8 Å². The molecule has 4 aromatic carbocycles. The summed E-state index contributed by atoms with van der Waals surface area (Å²) in [6, 6.07) is 21.7. The van der Waals surface area contributed by atoms with Gasteiger partial charge in [0.25, 0.3) is 11.8 Å². The first-order valence-corrected chi connectivity index (χ1v) is 12.8. The summed E-state index contributed by atoms with van der Waals surface area (Å²) in [5.41, 5.74) is 13.4. The van der Waals surface area contributed by atoms with Gasteiger partial charge in [-0.1, -0.05) is 65.8 Å². The van der Waals surface area contributed by atoms with Crippen molar-refractivity contribution in [3.8, 4) is 0 Å². The van der Waals surface area contributed by atoms with Crippen molar-refractivity contribution in [1.82, 2.24) is 10.6 Å². The van der Waals surface area contributed by atoms with Crippen LogP contribution in [0.2, 0.25) is 0 Å². The first-order chi connectivity index (χ1) is 19.9. The third-order valence-corrected chi connectivity index (χ3v) is 6.93. The number of anilines is 1. The Labute approximate surface area is 235 Å². The average Bonchev–Trinajstić information content (AvgIpc) is 2.97. The molecule has 5 rings (SSSR count). The first kappa shape index (κ1) is 27.4. The number of hydrogen-bond donors (Lipinski definition) is 5. The number of carbonyl (C=O) groups excluding carboxylic acids is 3. The molecule has 0 unspecified atom stereocenters. The lowest BCUT2D eigenvalue weighted by Gasteiger charge is -2.23. The van der Waals surface area contributed by atoms with Crippen LogP contribution in [0.5, 0.6) is 0 Å². The minimum absolute atomic E-state index is 0.269. The minimum Gasteiger partial charge on any atom is -0.423 e. The Morgan fingerprint density at radius 2 is 1.68 bits per heavy atom. The second-order valence-electron chi connectivity index (χ2n) is 9.55. The topological polar surface area (TPSA) is 177 Å². The van der Waals surface area contributed by atoms with Gasteiger partial charge in [-0.25, -0.2) is 0 Å². The van der Waals surface area contributed by atoms with E-state index in [0.717, 1.165) is 11.1 Å². The number of amides is 3. The van der Waals surface area contributed by atoms with Crippen molar-refractivity contribution in [3.05, 3.63) is 117 Å². The highest BCUT2D eigenvalue weighted by Gasteiger charge is 2.29. The number of rotatable bonds is 10. The smallest absolute Gasteiger partial charge is 0.423 e. The van der Waals surface area contributed by atoms with Gasteiger partial charge in [-0.15, -0.1) is 0 Å². The summed E-state index contributed by atoms with van der Waals surface area (Å²) in [6.45, 7) is 0.286. The second-order valence-corrected chi connectivity index (χ2v) is 9.55. The van der Waals surface area contributed by atoms with Crippen LogP contribution in [-0.2, 0) is 24.3 Å². The van der Waals surface area contributed by atoms with Gasteiger partial charge in [0, 0.05) is 40.0 Å². The van der Waals surface area contributed by atoms with E-state index in [4.69, 9.17) is 5.53 Å². The van der Waals surface area contributed by atoms with E-state index in [9.17, 15) is 24.4 Å². The van der Waals surface area contributed by atoms with E-state index in [0.29, 0.717) is 50.6 Å². The lowest BCUT2D eigenvalue weighted by atomic mass is 9.77. The van der Waals surface area contributed by atoms with E-state index in [1.54, 1.807) is 30.3 Å². The Balaban J connectivity index is 1.48. The lowest BCUT2D eigenvalue weighted by molar-refractivity contribution is -0.119. The van der Waals surface area contributed by atoms with Gasteiger partial charge < -0.3 is 20.7 Å². The SMILES string of the molecule is [N-]=[N+]=NCC(=O)NCc1ccc(Cc2cc(NCc3ccccc3B(O)O)c3cccc4c3c2C(=O)NC4=O)cc1. The highest BCUT2D eigenvalue weighted by Crippen LogP contribution is 2.36. The van der Waals surface area contributed by atoms with Crippen LogP contribution >= 0.6 is 0 Å². The van der Waals surface area contributed by atoms with Crippen LogP contribution < -0.4 is 21.4 Å². The van der Waals surface area contributed by atoms with E-state index in [-0.39, 0.29) is 25.5 Å². The molecule has 0 aromatic heterocycles. The van der Waals surface area contributed by atoms with Gasteiger partial charge in [0.15, 0.2) is 0 Å². The van der Waals surface area contributed by atoms with E-state index in [2.05, 4.69) is 26.0 Å². The molecule has 1 heterocycles. The van der Waals surface area contributed by atoms with Gasteiger partial charge in [-0.2, -0.15) is 0 Å². The van der Waals surface area contributed by atoms with Crippen LogP contribution in [0.15, 0.2) is 77.9 Å². The van der Waals surface area contributed by atoms with Crippen LogP contribution in [0.25, 0.3) is 21.2 Å². The van der Waals surface area contributed by atoms with Crippen molar-refractivity contribution in [3.63, 3.8) is 0 Å². The quantitative estimate of drug-likeness (QED) is 0.0669. The molecule has 1 aliphatic heterocycles. The molecule has 3 amide bonds. The number of hydrogen-bond acceptors (Lipinski definition) is 7. The summed E-state index contributed by atoms with van der Waals surface area (Å²) < 4.78 is 0. The normalized spacial score (nSPS) is 12.0. The standard InChI is InChI=1S/C29H25BN6O5/c31-36-34-16-25(37)33-14-18-10-8-17(9-11-18)12-20-13-24(32-15-19-4-1-2-7-23(19)30(40)41)21-5-3-6-22-27(21)26(20)29(39)35-28(22)38/h1-11,13,32,40-41H,12,14-16H2,(H,33,37)(H,35,38,39). The van der Waals surface area contributed by atoms with Crippen molar-refractivity contribution in [2.75, 3.05) is 11.9 Å². The molecule has 0 fully saturated rings. The molecule has 0 radical (unpaired) electrons. The summed E-state index contributed by atoms with van der Waals surface area (Å²) in [4.78, 5) is 40.1. The first-order valence-electron chi connectivity index (χ1n) is 12.8. The van der Waals surface area contributed by atoms with E-state index in [1.165, 1.54) is 0 Å². The predicted octanol–water partition coefficient (Wildman–Crippen LogP) is 2.53. The van der Waals surface area contributed by atoms with Crippen LogP contribution in [-0.4, -0.2) is 41.4 Å². The highest BCUT2D eigenvalue weighted by atomic mass is 16.4. The summed E-state index contributed by atoms with van der Waals surface area (Å²) in [7, 11) is -1.62. The average molecular weight is 548 g/mol. The van der Waals surface area contributed by atoms with Crippen molar-refractivity contribution in [1.29, 1.82) is 0 Å². The van der Waals surface area contributed by atoms with Gasteiger partial charge >= 0.3 is 7.12 Å². The summed E-state index contributed by atoms with van der Waals surface area (Å²) >= 11 is 0. The van der Waals surface area contributed by atoms with Crippen LogP contribution in [0.4, 0.5) is 5.69 Å². The fraction of sp³-hybridized carbons (Fsp3) is 0.138. The van der Waals surface area contributed by atoms with Crippen molar-refractivity contribution >= 4 is 46.8 Å². The summed E-state index contributed by atoms with van der Waals surface area (Å²) in [5, 5.41) is 32.6. The molecule has 41 heavy (non-hydrogen) atoms. The second kappa shape index (κ2) is 11.9. The fourth-order valence-electron chi connectivity index (χ4n) is 4.98. The largest absolute Gasteiger partial charge is 0.488 e. The molecular formula is C29H25BN6O5. The van der Waals surface area contributed by atoms with Gasteiger partial charge in [0.1, 0.15) is 6.54 Å². The zero-order chi connectivity index (χ0) is 28.9. The number of carbonyl (C=O) groups is 3. The van der Waals surface area contributed by atoms with Crippen molar-refractivity contribution in [2.24, 2.45) is 5.11 Å². The zero-order valence-electron chi connectivity index (χ0n) is 21.8. The molecule has 0 bridgehead atoms. The zero-order valence-corrected chi connectivity index (χ0v) is 21.8. The Hall–Kier alpha value is -5.16. The maximum atomic E-state index is 13.1. The highest BCUT2D eigenvalue weighted by molar-refractivity contribution is 6.59. The molecule has 4 aromatic rings. The molecule has 0 atom stereocenters. The van der Waals surface area contributed by atoms with Crippen LogP contribution in [0, 0.1) is 0 Å². The number of azide groups is 1. The number of nitrogens with one attached hydrogen (secondary N) is 3. The van der Waals surface area contributed by atoms with Gasteiger partial charge in [0.2, 0.25) is 5.91 Å². The summed E-state index contributed by atoms with van der Waals surface area (Å²) in [5.74, 6) is -1.31. The molecule has 0 saturated heterocycles. The fourth-order valence-corrected chi connectivity index (χ4v) is 4.98. The van der Waals surface area contributed by atoms with E-state index in [1.807, 2.05) is 42.5 Å².